The molecule has 0 aromatic carbocycles. The second kappa shape index (κ2) is 4.80. The van der Waals surface area contributed by atoms with Crippen molar-refractivity contribution in [2.45, 2.75) is 47.0 Å². The van der Waals surface area contributed by atoms with Crippen molar-refractivity contribution in [3.8, 4) is 0 Å². The molecule has 0 bridgehead atoms. The molecule has 0 saturated carbocycles. The van der Waals surface area contributed by atoms with Crippen molar-refractivity contribution >= 4 is 11.3 Å². The van der Waals surface area contributed by atoms with Gasteiger partial charge < -0.3 is 0 Å². The van der Waals surface area contributed by atoms with Crippen molar-refractivity contribution in [1.82, 2.24) is 0 Å². The first-order valence-electron chi connectivity index (χ1n) is 5.19. The fourth-order valence-corrected chi connectivity index (χ4v) is 2.51. The molecular weight excluding hydrogens is 176 g/mol. The van der Waals surface area contributed by atoms with Gasteiger partial charge in [0.1, 0.15) is 0 Å². The summed E-state index contributed by atoms with van der Waals surface area (Å²) in [4.78, 5) is 2.97. The minimum atomic E-state index is 0.875. The number of hydrogen-bond acceptors (Lipinski definition) is 1. The van der Waals surface area contributed by atoms with Gasteiger partial charge in [0, 0.05) is 9.75 Å². The van der Waals surface area contributed by atoms with E-state index in [2.05, 4.69) is 33.8 Å². The predicted molar refractivity (Wildman–Crippen MR) is 61.6 cm³/mol. The van der Waals surface area contributed by atoms with Gasteiger partial charge in [-0.1, -0.05) is 20.3 Å². The maximum Gasteiger partial charge on any atom is 0.00490 e. The van der Waals surface area contributed by atoms with Gasteiger partial charge >= 0.3 is 0 Å². The number of hydrogen-bond donors (Lipinski definition) is 0. The molecule has 0 spiro atoms. The van der Waals surface area contributed by atoms with Crippen LogP contribution in [0.25, 0.3) is 0 Å². The van der Waals surface area contributed by atoms with Gasteiger partial charge in [-0.2, -0.15) is 0 Å². The van der Waals surface area contributed by atoms with E-state index in [1.54, 1.807) is 5.56 Å². The molecule has 1 heterocycles. The zero-order valence-corrected chi connectivity index (χ0v) is 10.0. The molecule has 1 unspecified atom stereocenters. The van der Waals surface area contributed by atoms with Gasteiger partial charge in [-0.3, -0.25) is 0 Å². The van der Waals surface area contributed by atoms with Gasteiger partial charge in [-0.05, 0) is 44.2 Å². The zero-order valence-electron chi connectivity index (χ0n) is 9.18. The average molecular weight is 196 g/mol. The SMILES string of the molecule is CCC(C)CCc1cc(C)sc1C. The second-order valence-corrected chi connectivity index (χ2v) is 5.45. The van der Waals surface area contributed by atoms with Crippen LogP contribution < -0.4 is 0 Å². The van der Waals surface area contributed by atoms with E-state index >= 15 is 0 Å². The fourth-order valence-electron chi connectivity index (χ4n) is 1.54. The minimum Gasteiger partial charge on any atom is -0.146 e. The Bertz CT molecular complexity index is 260. The molecule has 74 valence electrons. The Morgan fingerprint density at radius 2 is 2.08 bits per heavy atom. The van der Waals surface area contributed by atoms with Crippen LogP contribution in [0.5, 0.6) is 0 Å². The normalized spacial score (nSPS) is 13.2. The first-order valence-corrected chi connectivity index (χ1v) is 6.01. The minimum absolute atomic E-state index is 0.875. The summed E-state index contributed by atoms with van der Waals surface area (Å²) in [7, 11) is 0. The second-order valence-electron chi connectivity index (χ2n) is 3.99. The van der Waals surface area contributed by atoms with E-state index in [1.165, 1.54) is 29.0 Å². The Morgan fingerprint density at radius 1 is 1.38 bits per heavy atom. The van der Waals surface area contributed by atoms with E-state index in [0.717, 1.165) is 5.92 Å². The van der Waals surface area contributed by atoms with Crippen molar-refractivity contribution in [1.29, 1.82) is 0 Å². The molecule has 13 heavy (non-hydrogen) atoms. The highest BCUT2D eigenvalue weighted by atomic mass is 32.1. The molecule has 1 aromatic rings. The number of aryl methyl sites for hydroxylation is 3. The highest BCUT2D eigenvalue weighted by Gasteiger charge is 2.04. The van der Waals surface area contributed by atoms with Crippen LogP contribution in [-0.4, -0.2) is 0 Å². The Labute approximate surface area is 86.0 Å². The van der Waals surface area contributed by atoms with Crippen molar-refractivity contribution in [3.05, 3.63) is 21.4 Å². The Balaban J connectivity index is 2.49. The molecule has 0 aliphatic heterocycles. The summed E-state index contributed by atoms with van der Waals surface area (Å²) in [5.41, 5.74) is 1.57. The zero-order chi connectivity index (χ0) is 9.84. The molecule has 1 aromatic heterocycles. The van der Waals surface area contributed by atoms with Gasteiger partial charge in [0.2, 0.25) is 0 Å². The molecule has 0 radical (unpaired) electrons. The van der Waals surface area contributed by atoms with Crippen molar-refractivity contribution < 1.29 is 0 Å². The largest absolute Gasteiger partial charge is 0.146 e. The summed E-state index contributed by atoms with van der Waals surface area (Å²) < 4.78 is 0. The van der Waals surface area contributed by atoms with Crippen molar-refractivity contribution in [2.24, 2.45) is 5.92 Å². The summed E-state index contributed by atoms with van der Waals surface area (Å²) in [6.45, 7) is 9.05. The Hall–Kier alpha value is -0.300. The first kappa shape index (κ1) is 10.8. The topological polar surface area (TPSA) is 0 Å². The third kappa shape index (κ3) is 3.15. The molecule has 0 saturated heterocycles. The molecule has 1 heteroatoms. The number of rotatable bonds is 4. The van der Waals surface area contributed by atoms with Crippen LogP contribution >= 0.6 is 11.3 Å². The third-order valence-corrected chi connectivity index (χ3v) is 3.76. The van der Waals surface area contributed by atoms with E-state index in [0.29, 0.717) is 0 Å². The summed E-state index contributed by atoms with van der Waals surface area (Å²) in [6, 6.07) is 2.35. The molecule has 1 rings (SSSR count). The van der Waals surface area contributed by atoms with Crippen LogP contribution in [0.15, 0.2) is 6.07 Å². The average Bonchev–Trinajstić information content (AvgIpc) is 2.41. The summed E-state index contributed by atoms with van der Waals surface area (Å²) in [5, 5.41) is 0. The lowest BCUT2D eigenvalue weighted by molar-refractivity contribution is 0.516. The van der Waals surface area contributed by atoms with E-state index in [1.807, 2.05) is 11.3 Å². The van der Waals surface area contributed by atoms with E-state index in [-0.39, 0.29) is 0 Å². The van der Waals surface area contributed by atoms with Crippen molar-refractivity contribution in [3.63, 3.8) is 0 Å². The van der Waals surface area contributed by atoms with Gasteiger partial charge in [0.25, 0.3) is 0 Å². The molecule has 0 aliphatic rings. The maximum absolute atomic E-state index is 2.35. The summed E-state index contributed by atoms with van der Waals surface area (Å²) >= 11 is 1.93. The van der Waals surface area contributed by atoms with Gasteiger partial charge in [0.05, 0.1) is 0 Å². The van der Waals surface area contributed by atoms with Gasteiger partial charge in [0.15, 0.2) is 0 Å². The molecule has 0 aliphatic carbocycles. The summed E-state index contributed by atoms with van der Waals surface area (Å²) in [6.07, 6.45) is 3.92. The highest BCUT2D eigenvalue weighted by molar-refractivity contribution is 7.12. The quantitative estimate of drug-likeness (QED) is 0.672. The van der Waals surface area contributed by atoms with Crippen LogP contribution in [0, 0.1) is 19.8 Å². The standard InChI is InChI=1S/C12H20S/c1-5-9(2)6-7-12-8-10(3)13-11(12)4/h8-9H,5-7H2,1-4H3. The smallest absolute Gasteiger partial charge is 0.00490 e. The molecule has 0 amide bonds. The van der Waals surface area contributed by atoms with Crippen LogP contribution in [0.3, 0.4) is 0 Å². The van der Waals surface area contributed by atoms with Crippen LogP contribution in [0.2, 0.25) is 0 Å². The fraction of sp³-hybridized carbons (Fsp3) is 0.667. The molecule has 1 atom stereocenters. The molecule has 0 N–H and O–H groups in total. The molecule has 0 nitrogen and oxygen atoms in total. The molecule has 0 fully saturated rings. The van der Waals surface area contributed by atoms with E-state index in [9.17, 15) is 0 Å². The summed E-state index contributed by atoms with van der Waals surface area (Å²) in [5.74, 6) is 0.875. The lowest BCUT2D eigenvalue weighted by atomic mass is 9.99. The van der Waals surface area contributed by atoms with Crippen LogP contribution in [0.4, 0.5) is 0 Å². The lowest BCUT2D eigenvalue weighted by Gasteiger charge is -2.06. The van der Waals surface area contributed by atoms with Crippen LogP contribution in [-0.2, 0) is 6.42 Å². The monoisotopic (exact) mass is 196 g/mol. The number of thiophene rings is 1. The maximum atomic E-state index is 2.35. The molecular formula is C12H20S. The lowest BCUT2D eigenvalue weighted by Crippen LogP contribution is -1.95. The first-order chi connectivity index (χ1) is 6.13. The Morgan fingerprint density at radius 3 is 2.54 bits per heavy atom. The van der Waals surface area contributed by atoms with Gasteiger partial charge in [-0.15, -0.1) is 11.3 Å². The van der Waals surface area contributed by atoms with Gasteiger partial charge in [-0.25, -0.2) is 0 Å². The van der Waals surface area contributed by atoms with Crippen molar-refractivity contribution in [2.75, 3.05) is 0 Å². The van der Waals surface area contributed by atoms with E-state index in [4.69, 9.17) is 0 Å². The third-order valence-electron chi connectivity index (χ3n) is 2.75. The van der Waals surface area contributed by atoms with Crippen LogP contribution in [0.1, 0.15) is 42.0 Å². The van der Waals surface area contributed by atoms with E-state index < -0.39 is 0 Å². The highest BCUT2D eigenvalue weighted by Crippen LogP contribution is 2.23. The predicted octanol–water partition coefficient (Wildman–Crippen LogP) is 4.34. The Kier molecular flexibility index (Phi) is 3.98.